The lowest BCUT2D eigenvalue weighted by Gasteiger charge is -2.32. The van der Waals surface area contributed by atoms with Gasteiger partial charge in [-0.05, 0) is 35.4 Å². The van der Waals surface area contributed by atoms with Crippen molar-refractivity contribution in [1.82, 2.24) is 20.2 Å². The first-order chi connectivity index (χ1) is 9.75. The van der Waals surface area contributed by atoms with Crippen molar-refractivity contribution in [3.8, 4) is 5.69 Å². The Kier molecular flexibility index (Phi) is 3.32. The summed E-state index contributed by atoms with van der Waals surface area (Å²) in [5.74, 6) is 1.04. The van der Waals surface area contributed by atoms with Crippen molar-refractivity contribution < 1.29 is 0 Å². The minimum Gasteiger partial charge on any atom is -0.387 e. The van der Waals surface area contributed by atoms with Gasteiger partial charge in [0.05, 0.1) is 11.5 Å². The SMILES string of the molecule is N=C(N)C1CCCN(c2nnnn2-c2ccccc2)C1. The predicted octanol–water partition coefficient (Wildman–Crippen LogP) is 0.815. The highest BCUT2D eigenvalue weighted by atomic mass is 15.6. The second-order valence-electron chi connectivity index (χ2n) is 4.97. The van der Waals surface area contributed by atoms with Gasteiger partial charge in [-0.15, -0.1) is 0 Å². The fourth-order valence-electron chi connectivity index (χ4n) is 2.53. The number of hydrogen-bond acceptors (Lipinski definition) is 5. The lowest BCUT2D eigenvalue weighted by Crippen LogP contribution is -2.42. The molecule has 7 heteroatoms. The highest BCUT2D eigenvalue weighted by molar-refractivity contribution is 5.80. The Morgan fingerprint density at radius 2 is 2.10 bits per heavy atom. The highest BCUT2D eigenvalue weighted by Gasteiger charge is 2.25. The molecule has 1 unspecified atom stereocenters. The fourth-order valence-corrected chi connectivity index (χ4v) is 2.53. The zero-order valence-electron chi connectivity index (χ0n) is 11.1. The van der Waals surface area contributed by atoms with E-state index in [-0.39, 0.29) is 11.8 Å². The van der Waals surface area contributed by atoms with Crippen molar-refractivity contribution in [3.05, 3.63) is 30.3 Å². The van der Waals surface area contributed by atoms with Gasteiger partial charge in [-0.1, -0.05) is 23.3 Å². The molecule has 104 valence electrons. The third kappa shape index (κ3) is 2.34. The number of tetrazole rings is 1. The van der Waals surface area contributed by atoms with Crippen molar-refractivity contribution in [3.63, 3.8) is 0 Å². The number of nitrogens with zero attached hydrogens (tertiary/aromatic N) is 5. The van der Waals surface area contributed by atoms with Gasteiger partial charge >= 0.3 is 0 Å². The molecule has 3 rings (SSSR count). The van der Waals surface area contributed by atoms with E-state index in [1.807, 2.05) is 30.3 Å². The number of nitrogens with one attached hydrogen (secondary N) is 1. The number of benzene rings is 1. The van der Waals surface area contributed by atoms with E-state index in [1.165, 1.54) is 0 Å². The zero-order valence-corrected chi connectivity index (χ0v) is 11.1. The summed E-state index contributed by atoms with van der Waals surface area (Å²) in [6, 6.07) is 9.80. The molecule has 0 saturated carbocycles. The molecule has 1 aromatic carbocycles. The molecule has 0 amide bonds. The van der Waals surface area contributed by atoms with Crippen LogP contribution in [0.1, 0.15) is 12.8 Å². The standard InChI is InChI=1S/C13H17N7/c14-12(15)10-5-4-8-19(9-10)13-16-17-18-20(13)11-6-2-1-3-7-11/h1-3,6-7,10H,4-5,8-9H2,(H3,14,15). The first kappa shape index (κ1) is 12.6. The lowest BCUT2D eigenvalue weighted by atomic mass is 9.97. The van der Waals surface area contributed by atoms with E-state index in [2.05, 4.69) is 20.4 Å². The van der Waals surface area contributed by atoms with Crippen molar-refractivity contribution in [2.24, 2.45) is 11.7 Å². The van der Waals surface area contributed by atoms with E-state index >= 15 is 0 Å². The van der Waals surface area contributed by atoms with Crippen LogP contribution >= 0.6 is 0 Å². The number of rotatable bonds is 3. The molecule has 1 aliphatic heterocycles. The van der Waals surface area contributed by atoms with E-state index in [4.69, 9.17) is 11.1 Å². The maximum absolute atomic E-state index is 7.61. The third-order valence-corrected chi connectivity index (χ3v) is 3.60. The maximum Gasteiger partial charge on any atom is 0.250 e. The molecule has 7 nitrogen and oxygen atoms in total. The van der Waals surface area contributed by atoms with E-state index < -0.39 is 0 Å². The Labute approximate surface area is 116 Å². The van der Waals surface area contributed by atoms with Crippen LogP contribution in [0.25, 0.3) is 5.69 Å². The first-order valence-electron chi connectivity index (χ1n) is 6.68. The number of hydrogen-bond donors (Lipinski definition) is 2. The van der Waals surface area contributed by atoms with Crippen LogP contribution in [-0.2, 0) is 0 Å². The van der Waals surface area contributed by atoms with Crippen LogP contribution in [-0.4, -0.2) is 39.1 Å². The molecule has 2 aromatic rings. The molecule has 0 radical (unpaired) electrons. The minimum absolute atomic E-state index is 0.0877. The number of aromatic nitrogens is 4. The molecule has 1 atom stereocenters. The highest BCUT2D eigenvalue weighted by Crippen LogP contribution is 2.22. The van der Waals surface area contributed by atoms with Crippen molar-refractivity contribution in [2.75, 3.05) is 18.0 Å². The van der Waals surface area contributed by atoms with Crippen molar-refractivity contribution in [1.29, 1.82) is 5.41 Å². The Hall–Kier alpha value is -2.44. The number of anilines is 1. The van der Waals surface area contributed by atoms with Crippen molar-refractivity contribution in [2.45, 2.75) is 12.8 Å². The van der Waals surface area contributed by atoms with E-state index in [9.17, 15) is 0 Å². The lowest BCUT2D eigenvalue weighted by molar-refractivity contribution is 0.494. The van der Waals surface area contributed by atoms with Crippen LogP contribution in [0.3, 0.4) is 0 Å². The van der Waals surface area contributed by atoms with Crippen LogP contribution in [0.2, 0.25) is 0 Å². The Bertz CT molecular complexity index is 592. The van der Waals surface area contributed by atoms with E-state index in [0.717, 1.165) is 25.1 Å². The number of para-hydroxylation sites is 1. The van der Waals surface area contributed by atoms with Crippen LogP contribution in [0.15, 0.2) is 30.3 Å². The average molecular weight is 271 g/mol. The summed E-state index contributed by atoms with van der Waals surface area (Å²) in [5.41, 5.74) is 6.56. The van der Waals surface area contributed by atoms with Gasteiger partial charge in [0.2, 0.25) is 5.95 Å². The zero-order chi connectivity index (χ0) is 13.9. The largest absolute Gasteiger partial charge is 0.387 e. The summed E-state index contributed by atoms with van der Waals surface area (Å²) in [7, 11) is 0. The number of piperidine rings is 1. The third-order valence-electron chi connectivity index (χ3n) is 3.60. The fraction of sp³-hybridized carbons (Fsp3) is 0.385. The van der Waals surface area contributed by atoms with Gasteiger partial charge in [-0.25, -0.2) is 0 Å². The van der Waals surface area contributed by atoms with Crippen LogP contribution in [0.4, 0.5) is 5.95 Å². The van der Waals surface area contributed by atoms with E-state index in [1.54, 1.807) is 4.68 Å². The van der Waals surface area contributed by atoms with Crippen LogP contribution < -0.4 is 10.6 Å². The monoisotopic (exact) mass is 271 g/mol. The molecule has 1 aliphatic rings. The number of amidine groups is 1. The molecular weight excluding hydrogens is 254 g/mol. The molecule has 1 saturated heterocycles. The Morgan fingerprint density at radius 1 is 1.30 bits per heavy atom. The molecule has 0 bridgehead atoms. The van der Waals surface area contributed by atoms with Gasteiger partial charge in [0.25, 0.3) is 0 Å². The molecule has 0 aliphatic carbocycles. The Morgan fingerprint density at radius 3 is 2.85 bits per heavy atom. The summed E-state index contributed by atoms with van der Waals surface area (Å²) in [4.78, 5) is 2.10. The topological polar surface area (TPSA) is 96.7 Å². The second kappa shape index (κ2) is 5.28. The summed E-state index contributed by atoms with van der Waals surface area (Å²) < 4.78 is 1.72. The van der Waals surface area contributed by atoms with Gasteiger partial charge in [-0.3, -0.25) is 5.41 Å². The summed E-state index contributed by atoms with van der Waals surface area (Å²) >= 11 is 0. The first-order valence-corrected chi connectivity index (χ1v) is 6.68. The number of nitrogens with two attached hydrogens (primary N) is 1. The minimum atomic E-state index is 0.0877. The van der Waals surface area contributed by atoms with Crippen molar-refractivity contribution >= 4 is 11.8 Å². The van der Waals surface area contributed by atoms with Gasteiger partial charge in [0, 0.05) is 19.0 Å². The molecular formula is C13H17N7. The quantitative estimate of drug-likeness (QED) is 0.636. The van der Waals surface area contributed by atoms with Crippen LogP contribution in [0, 0.1) is 11.3 Å². The van der Waals surface area contributed by atoms with Gasteiger partial charge < -0.3 is 10.6 Å². The van der Waals surface area contributed by atoms with E-state index in [0.29, 0.717) is 12.5 Å². The summed E-state index contributed by atoms with van der Waals surface area (Å²) in [6.07, 6.45) is 1.95. The molecule has 1 fully saturated rings. The van der Waals surface area contributed by atoms with Gasteiger partial charge in [0.1, 0.15) is 0 Å². The normalized spacial score (nSPS) is 19.0. The summed E-state index contributed by atoms with van der Waals surface area (Å²) in [6.45, 7) is 1.58. The molecule has 20 heavy (non-hydrogen) atoms. The van der Waals surface area contributed by atoms with Crippen LogP contribution in [0.5, 0.6) is 0 Å². The van der Waals surface area contributed by atoms with Gasteiger partial charge in [-0.2, -0.15) is 4.68 Å². The summed E-state index contributed by atoms with van der Waals surface area (Å²) in [5, 5.41) is 19.6. The molecule has 2 heterocycles. The second-order valence-corrected chi connectivity index (χ2v) is 4.97. The molecule has 3 N–H and O–H groups in total. The molecule has 1 aromatic heterocycles. The Balaban J connectivity index is 1.88. The van der Waals surface area contributed by atoms with Gasteiger partial charge in [0.15, 0.2) is 0 Å². The predicted molar refractivity (Wildman–Crippen MR) is 76.0 cm³/mol. The maximum atomic E-state index is 7.61. The molecule has 0 spiro atoms. The smallest absolute Gasteiger partial charge is 0.250 e. The average Bonchev–Trinajstić information content (AvgIpc) is 2.98.